The van der Waals surface area contributed by atoms with Crippen LogP contribution in [0.15, 0.2) is 24.3 Å². The summed E-state index contributed by atoms with van der Waals surface area (Å²) in [7, 11) is 0. The van der Waals surface area contributed by atoms with Gasteiger partial charge in [-0.2, -0.15) is 0 Å². The maximum absolute atomic E-state index is 12.8. The van der Waals surface area contributed by atoms with Gasteiger partial charge in [-0.1, -0.05) is 302 Å². The number of allylic oxidation sites excluding steroid dienone is 4. The molecule has 6 heteroatoms. The van der Waals surface area contributed by atoms with E-state index in [-0.39, 0.29) is 31.1 Å². The summed E-state index contributed by atoms with van der Waals surface area (Å²) in [4.78, 5) is 38.1. The third kappa shape index (κ3) is 60.6. The molecular weight excluding hydrogens is 901 g/mol. The zero-order valence-electron chi connectivity index (χ0n) is 49.4. The molecule has 0 spiro atoms. The lowest BCUT2D eigenvalue weighted by Gasteiger charge is -2.18. The Kier molecular flexibility index (Phi) is 60.6. The third-order valence-corrected chi connectivity index (χ3v) is 14.9. The summed E-state index contributed by atoms with van der Waals surface area (Å²) in [6.45, 7) is 6.66. The summed E-state index contributed by atoms with van der Waals surface area (Å²) < 4.78 is 16.9. The summed E-state index contributed by atoms with van der Waals surface area (Å²) in [6, 6.07) is 0. The van der Waals surface area contributed by atoms with Crippen LogP contribution in [0.25, 0.3) is 0 Å². The first-order chi connectivity index (χ1) is 36.0. The molecule has 0 amide bonds. The zero-order chi connectivity index (χ0) is 52.9. The highest BCUT2D eigenvalue weighted by Gasteiger charge is 2.19. The maximum atomic E-state index is 12.8. The summed E-state index contributed by atoms with van der Waals surface area (Å²) in [5.41, 5.74) is 0. The number of hydrogen-bond donors (Lipinski definition) is 0. The van der Waals surface area contributed by atoms with Crippen molar-refractivity contribution in [3.05, 3.63) is 24.3 Å². The second-order valence-corrected chi connectivity index (χ2v) is 22.4. The van der Waals surface area contributed by atoms with Gasteiger partial charge < -0.3 is 14.2 Å². The van der Waals surface area contributed by atoms with Crippen molar-refractivity contribution < 1.29 is 28.6 Å². The first-order valence-electron chi connectivity index (χ1n) is 32.8. The molecule has 0 aliphatic rings. The molecule has 0 fully saturated rings. The van der Waals surface area contributed by atoms with Gasteiger partial charge in [-0.25, -0.2) is 0 Å². The van der Waals surface area contributed by atoms with Crippen LogP contribution in [-0.4, -0.2) is 37.2 Å². The number of carbonyl (C=O) groups is 3. The molecule has 0 aliphatic heterocycles. The van der Waals surface area contributed by atoms with Crippen LogP contribution in [0.3, 0.4) is 0 Å². The van der Waals surface area contributed by atoms with Crippen LogP contribution in [0.2, 0.25) is 0 Å². The molecule has 0 saturated heterocycles. The van der Waals surface area contributed by atoms with E-state index in [1.165, 1.54) is 263 Å². The minimum atomic E-state index is -0.770. The Bertz CT molecular complexity index is 1180. The molecule has 0 aromatic carbocycles. The maximum Gasteiger partial charge on any atom is 0.306 e. The van der Waals surface area contributed by atoms with Crippen LogP contribution in [-0.2, 0) is 28.6 Å². The van der Waals surface area contributed by atoms with Crippen LogP contribution in [0.5, 0.6) is 0 Å². The highest BCUT2D eigenvalue weighted by Crippen LogP contribution is 2.18. The average molecular weight is 1030 g/mol. The van der Waals surface area contributed by atoms with E-state index >= 15 is 0 Å². The van der Waals surface area contributed by atoms with Crippen molar-refractivity contribution in [3.8, 4) is 0 Å². The Labute approximate surface area is 455 Å². The molecule has 1 unspecified atom stereocenters. The van der Waals surface area contributed by atoms with Crippen LogP contribution in [0, 0.1) is 0 Å². The van der Waals surface area contributed by atoms with Gasteiger partial charge in [0, 0.05) is 19.3 Å². The van der Waals surface area contributed by atoms with E-state index in [4.69, 9.17) is 14.2 Å². The van der Waals surface area contributed by atoms with Gasteiger partial charge in [0.2, 0.25) is 0 Å². The molecule has 0 aliphatic carbocycles. The monoisotopic (exact) mass is 1030 g/mol. The number of rotatable bonds is 61. The third-order valence-electron chi connectivity index (χ3n) is 14.9. The average Bonchev–Trinajstić information content (AvgIpc) is 3.39. The number of hydrogen-bond acceptors (Lipinski definition) is 6. The first-order valence-corrected chi connectivity index (χ1v) is 32.8. The van der Waals surface area contributed by atoms with Crippen molar-refractivity contribution in [1.82, 2.24) is 0 Å². The van der Waals surface area contributed by atoms with E-state index in [0.29, 0.717) is 19.3 Å². The standard InChI is InChI=1S/C67H126O6/c1-4-7-10-13-16-19-22-25-26-27-28-29-30-31-32-33-34-35-36-37-38-39-40-41-42-43-46-48-51-54-57-60-66(69)72-63-64(73-67(70)61-58-55-52-49-45-24-21-18-15-12-9-6-3)62-71-65(68)59-56-53-50-47-44-23-20-17-14-11-8-5-2/h18,21,27-28,64H,4-17,19-20,22-26,29-63H2,1-3H3/b21-18-,28-27-. The van der Waals surface area contributed by atoms with E-state index in [0.717, 1.165) is 64.2 Å². The Morgan fingerprint density at radius 1 is 0.260 bits per heavy atom. The Morgan fingerprint density at radius 3 is 0.712 bits per heavy atom. The predicted molar refractivity (Wildman–Crippen MR) is 316 cm³/mol. The molecule has 0 radical (unpaired) electrons. The largest absolute Gasteiger partial charge is 0.462 e. The zero-order valence-corrected chi connectivity index (χ0v) is 49.4. The predicted octanol–water partition coefficient (Wildman–Crippen LogP) is 22.2. The van der Waals surface area contributed by atoms with Crippen molar-refractivity contribution >= 4 is 17.9 Å². The molecular formula is C67H126O6. The fourth-order valence-corrected chi connectivity index (χ4v) is 9.97. The van der Waals surface area contributed by atoms with Crippen LogP contribution in [0.1, 0.15) is 367 Å². The molecule has 0 heterocycles. The quantitative estimate of drug-likeness (QED) is 0.0261. The van der Waals surface area contributed by atoms with Gasteiger partial charge in [-0.15, -0.1) is 0 Å². The minimum absolute atomic E-state index is 0.0690. The summed E-state index contributed by atoms with van der Waals surface area (Å²) in [5.74, 6) is -0.855. The lowest BCUT2D eigenvalue weighted by atomic mass is 10.0. The van der Waals surface area contributed by atoms with E-state index in [2.05, 4.69) is 45.1 Å². The van der Waals surface area contributed by atoms with Gasteiger partial charge in [0.25, 0.3) is 0 Å². The normalized spacial score (nSPS) is 12.1. The van der Waals surface area contributed by atoms with Gasteiger partial charge >= 0.3 is 17.9 Å². The van der Waals surface area contributed by atoms with Gasteiger partial charge in [0.15, 0.2) is 6.10 Å². The van der Waals surface area contributed by atoms with Gasteiger partial charge in [0.1, 0.15) is 13.2 Å². The molecule has 1 atom stereocenters. The van der Waals surface area contributed by atoms with Gasteiger partial charge in [0.05, 0.1) is 0 Å². The molecule has 430 valence electrons. The molecule has 73 heavy (non-hydrogen) atoms. The number of ether oxygens (including phenoxy) is 3. The number of esters is 3. The SMILES string of the molecule is CCCCC/C=C\CCCCCCCC(=O)OC(COC(=O)CCCCCCCCCCCCCC)COC(=O)CCCCCCCCCCCCCCCCCCCCC/C=C\CCCCCCCCCC. The van der Waals surface area contributed by atoms with Crippen molar-refractivity contribution in [2.24, 2.45) is 0 Å². The molecule has 0 N–H and O–H groups in total. The van der Waals surface area contributed by atoms with E-state index < -0.39 is 6.10 Å². The smallest absolute Gasteiger partial charge is 0.306 e. The fraction of sp³-hybridized carbons (Fsp3) is 0.896. The van der Waals surface area contributed by atoms with Gasteiger partial charge in [-0.05, 0) is 70.6 Å². The van der Waals surface area contributed by atoms with Crippen LogP contribution in [0.4, 0.5) is 0 Å². The Hall–Kier alpha value is -2.11. The molecule has 0 rings (SSSR count). The second-order valence-electron chi connectivity index (χ2n) is 22.4. The molecule has 0 saturated carbocycles. The van der Waals surface area contributed by atoms with Crippen molar-refractivity contribution in [1.29, 1.82) is 0 Å². The highest BCUT2D eigenvalue weighted by molar-refractivity contribution is 5.71. The van der Waals surface area contributed by atoms with E-state index in [1.54, 1.807) is 0 Å². The number of unbranched alkanes of at least 4 members (excludes halogenated alkanes) is 46. The van der Waals surface area contributed by atoms with Crippen molar-refractivity contribution in [2.45, 2.75) is 374 Å². The number of carbonyl (C=O) groups excluding carboxylic acids is 3. The minimum Gasteiger partial charge on any atom is -0.462 e. The van der Waals surface area contributed by atoms with E-state index in [9.17, 15) is 14.4 Å². The van der Waals surface area contributed by atoms with E-state index in [1.807, 2.05) is 0 Å². The summed E-state index contributed by atoms with van der Waals surface area (Å²) in [5, 5.41) is 0. The topological polar surface area (TPSA) is 78.9 Å². The molecule has 0 aromatic rings. The Balaban J connectivity index is 4.04. The van der Waals surface area contributed by atoms with Gasteiger partial charge in [-0.3, -0.25) is 14.4 Å². The van der Waals surface area contributed by atoms with Crippen LogP contribution >= 0.6 is 0 Å². The Morgan fingerprint density at radius 2 is 0.452 bits per heavy atom. The molecule has 6 nitrogen and oxygen atoms in total. The first kappa shape index (κ1) is 70.9. The summed E-state index contributed by atoms with van der Waals surface area (Å²) in [6.07, 6.45) is 75.0. The fourth-order valence-electron chi connectivity index (χ4n) is 9.97. The van der Waals surface area contributed by atoms with Crippen molar-refractivity contribution in [2.75, 3.05) is 13.2 Å². The summed E-state index contributed by atoms with van der Waals surface area (Å²) >= 11 is 0. The molecule has 0 aromatic heterocycles. The van der Waals surface area contributed by atoms with Crippen LogP contribution < -0.4 is 0 Å². The van der Waals surface area contributed by atoms with Crippen molar-refractivity contribution in [3.63, 3.8) is 0 Å². The lowest BCUT2D eigenvalue weighted by molar-refractivity contribution is -0.167. The second kappa shape index (κ2) is 62.4. The molecule has 0 bridgehead atoms. The lowest BCUT2D eigenvalue weighted by Crippen LogP contribution is -2.30. The highest BCUT2D eigenvalue weighted by atomic mass is 16.6.